The summed E-state index contributed by atoms with van der Waals surface area (Å²) in [5.74, 6) is -0.0857. The second-order valence-corrected chi connectivity index (χ2v) is 8.76. The number of fused-ring (bicyclic) bond motifs is 1. The van der Waals surface area contributed by atoms with Crippen LogP contribution in [0.3, 0.4) is 0 Å². The molecule has 0 atom stereocenters. The average Bonchev–Trinajstić information content (AvgIpc) is 3.31. The fraction of sp³-hybridized carbons (Fsp3) is 0.269. The number of piperidine rings is 1. The van der Waals surface area contributed by atoms with Gasteiger partial charge >= 0.3 is 0 Å². The largest absolute Gasteiger partial charge is 0.494 e. The minimum atomic E-state index is -0.522. The third-order valence-corrected chi connectivity index (χ3v) is 6.61. The van der Waals surface area contributed by atoms with Gasteiger partial charge in [0.15, 0.2) is 0 Å². The van der Waals surface area contributed by atoms with Crippen molar-refractivity contribution in [3.05, 3.63) is 53.7 Å². The molecule has 1 aliphatic rings. The van der Waals surface area contributed by atoms with Crippen molar-refractivity contribution in [1.82, 2.24) is 20.3 Å². The molecule has 1 saturated heterocycles. The fourth-order valence-corrected chi connectivity index (χ4v) is 4.82. The van der Waals surface area contributed by atoms with E-state index in [2.05, 4.69) is 20.2 Å². The highest BCUT2D eigenvalue weighted by Crippen LogP contribution is 2.43. The number of nitrogen functional groups attached to an aromatic ring is 1. The van der Waals surface area contributed by atoms with Gasteiger partial charge in [-0.05, 0) is 49.7 Å². The van der Waals surface area contributed by atoms with Crippen LogP contribution in [0.4, 0.5) is 20.3 Å². The molecule has 2 aromatic heterocycles. The topological polar surface area (TPSA) is 116 Å². The highest BCUT2D eigenvalue weighted by molar-refractivity contribution is 5.96. The van der Waals surface area contributed by atoms with E-state index in [1.807, 2.05) is 13.1 Å². The fourth-order valence-electron chi connectivity index (χ4n) is 4.82. The molecule has 0 saturated carbocycles. The summed E-state index contributed by atoms with van der Waals surface area (Å²) < 4.78 is 33.9. The highest BCUT2D eigenvalue weighted by atomic mass is 19.1. The van der Waals surface area contributed by atoms with Crippen molar-refractivity contribution in [2.24, 2.45) is 0 Å². The zero-order valence-electron chi connectivity index (χ0n) is 19.9. The quantitative estimate of drug-likeness (QED) is 0.384. The molecule has 4 aromatic rings. The number of H-pyrrole nitrogens is 1. The number of halogens is 2. The number of hydrogen-bond donors (Lipinski definition) is 3. The molecule has 5 rings (SSSR count). The van der Waals surface area contributed by atoms with Gasteiger partial charge in [0.1, 0.15) is 34.5 Å². The van der Waals surface area contributed by atoms with Crippen molar-refractivity contribution < 1.29 is 13.5 Å². The van der Waals surface area contributed by atoms with Gasteiger partial charge in [0.05, 0.1) is 35.5 Å². The lowest BCUT2D eigenvalue weighted by molar-refractivity contribution is 0.416. The summed E-state index contributed by atoms with van der Waals surface area (Å²) in [5.41, 5.74) is 9.91. The molecule has 0 unspecified atom stereocenters. The Morgan fingerprint density at radius 2 is 1.92 bits per heavy atom. The molecule has 4 N–H and O–H groups in total. The van der Waals surface area contributed by atoms with Crippen LogP contribution in [0, 0.1) is 23.0 Å². The first-order valence-corrected chi connectivity index (χ1v) is 11.6. The molecule has 1 aliphatic heterocycles. The number of anilines is 2. The average molecular weight is 490 g/mol. The number of imidazole rings is 1. The third kappa shape index (κ3) is 4.18. The van der Waals surface area contributed by atoms with E-state index in [9.17, 15) is 14.0 Å². The molecule has 0 aliphatic carbocycles. The number of methoxy groups -OCH3 is 1. The molecule has 36 heavy (non-hydrogen) atoms. The molecular weight excluding hydrogens is 464 g/mol. The molecular formula is C26H25F2N7O. The van der Waals surface area contributed by atoms with Crippen molar-refractivity contribution in [3.63, 3.8) is 0 Å². The summed E-state index contributed by atoms with van der Waals surface area (Å²) in [7, 11) is 3.39. The molecule has 184 valence electrons. The van der Waals surface area contributed by atoms with Crippen molar-refractivity contribution >= 4 is 22.5 Å². The number of ether oxygens (including phenoxy) is 1. The van der Waals surface area contributed by atoms with Gasteiger partial charge in [0.25, 0.3) is 0 Å². The van der Waals surface area contributed by atoms with Gasteiger partial charge in [-0.1, -0.05) is 0 Å². The zero-order valence-corrected chi connectivity index (χ0v) is 19.9. The molecule has 0 amide bonds. The van der Waals surface area contributed by atoms with Crippen LogP contribution >= 0.6 is 0 Å². The van der Waals surface area contributed by atoms with Crippen molar-refractivity contribution in [3.8, 4) is 34.3 Å². The summed E-state index contributed by atoms with van der Waals surface area (Å²) in [6, 6.07) is 9.18. The first-order chi connectivity index (χ1) is 17.4. The summed E-state index contributed by atoms with van der Waals surface area (Å²) >= 11 is 0. The summed E-state index contributed by atoms with van der Waals surface area (Å²) in [5, 5.41) is 12.7. The maximum Gasteiger partial charge on any atom is 0.149 e. The Bertz CT molecular complexity index is 1490. The normalized spacial score (nSPS) is 14.2. The van der Waals surface area contributed by atoms with Crippen molar-refractivity contribution in [1.29, 1.82) is 5.26 Å². The van der Waals surface area contributed by atoms with E-state index in [1.165, 1.54) is 31.4 Å². The molecule has 3 heterocycles. The molecule has 8 nitrogen and oxygen atoms in total. The minimum absolute atomic E-state index is 0.201. The predicted molar refractivity (Wildman–Crippen MR) is 135 cm³/mol. The van der Waals surface area contributed by atoms with E-state index in [-0.39, 0.29) is 17.1 Å². The second kappa shape index (κ2) is 9.43. The highest BCUT2D eigenvalue weighted by Gasteiger charge is 2.27. The smallest absolute Gasteiger partial charge is 0.149 e. The first kappa shape index (κ1) is 23.5. The monoisotopic (exact) mass is 489 g/mol. The maximum atomic E-state index is 14.4. The summed E-state index contributed by atoms with van der Waals surface area (Å²) in [4.78, 5) is 14.4. The predicted octanol–water partition coefficient (Wildman–Crippen LogP) is 4.22. The summed E-state index contributed by atoms with van der Waals surface area (Å²) in [6.07, 6.45) is 3.38. The van der Waals surface area contributed by atoms with Crippen LogP contribution in [0.5, 0.6) is 5.75 Å². The summed E-state index contributed by atoms with van der Waals surface area (Å²) in [6.45, 7) is 1.43. The SMILES string of the molecule is CNC1CCN(c2c(-c3cc(F)cc(C#N)c3)cnc(N)c2-c2nc3c(OC)cc(F)cc3[nH]2)CC1. The van der Waals surface area contributed by atoms with Crippen LogP contribution in [-0.4, -0.2) is 48.2 Å². The van der Waals surface area contributed by atoms with Crippen molar-refractivity contribution in [2.45, 2.75) is 18.9 Å². The van der Waals surface area contributed by atoms with Crippen LogP contribution in [-0.2, 0) is 0 Å². The van der Waals surface area contributed by atoms with Crippen LogP contribution in [0.1, 0.15) is 18.4 Å². The van der Waals surface area contributed by atoms with Gasteiger partial charge < -0.3 is 25.7 Å². The van der Waals surface area contributed by atoms with Gasteiger partial charge in [-0.15, -0.1) is 0 Å². The van der Waals surface area contributed by atoms with Gasteiger partial charge in [0, 0.05) is 37.0 Å². The lowest BCUT2D eigenvalue weighted by atomic mass is 9.96. The van der Waals surface area contributed by atoms with Gasteiger partial charge in [-0.25, -0.2) is 18.7 Å². The van der Waals surface area contributed by atoms with Crippen molar-refractivity contribution in [2.75, 3.05) is 37.9 Å². The Labute approximate surface area is 206 Å². The Balaban J connectivity index is 1.76. The first-order valence-electron chi connectivity index (χ1n) is 11.6. The number of nitrogens with zero attached hydrogens (tertiary/aromatic N) is 4. The van der Waals surface area contributed by atoms with Gasteiger partial charge in [-0.3, -0.25) is 0 Å². The van der Waals surface area contributed by atoms with E-state index in [4.69, 9.17) is 15.5 Å². The van der Waals surface area contributed by atoms with E-state index in [0.29, 0.717) is 52.7 Å². The Morgan fingerprint density at radius 1 is 1.17 bits per heavy atom. The molecule has 2 aromatic carbocycles. The standard InChI is InChI=1S/C26H25F2N7O/c1-31-18-3-5-35(6-4-18)24-19(15-7-14(12-29)8-16(27)9-15)13-32-25(30)22(24)26-33-20-10-17(28)11-21(36-2)23(20)34-26/h7-11,13,18,31H,3-6H2,1-2H3,(H2,30,32)(H,33,34). The van der Waals surface area contributed by atoms with Gasteiger partial charge in [-0.2, -0.15) is 5.26 Å². The number of rotatable bonds is 5. The lowest BCUT2D eigenvalue weighted by Crippen LogP contribution is -2.41. The molecule has 1 fully saturated rings. The number of nitrogens with two attached hydrogens (primary N) is 1. The Hall–Kier alpha value is -4.23. The lowest BCUT2D eigenvalue weighted by Gasteiger charge is -2.36. The number of nitriles is 1. The number of hydrogen-bond acceptors (Lipinski definition) is 7. The van der Waals surface area contributed by atoms with E-state index in [1.54, 1.807) is 12.3 Å². The maximum absolute atomic E-state index is 14.4. The van der Waals surface area contributed by atoms with E-state index >= 15 is 0 Å². The third-order valence-electron chi connectivity index (χ3n) is 6.61. The number of benzene rings is 2. The number of aromatic nitrogens is 3. The Kier molecular flexibility index (Phi) is 6.16. The molecule has 0 radical (unpaired) electrons. The van der Waals surface area contributed by atoms with E-state index in [0.717, 1.165) is 18.5 Å². The number of pyridine rings is 1. The van der Waals surface area contributed by atoms with Crippen LogP contribution in [0.15, 0.2) is 36.5 Å². The number of nitrogens with one attached hydrogen (secondary N) is 2. The zero-order chi connectivity index (χ0) is 25.4. The second-order valence-electron chi connectivity index (χ2n) is 8.76. The van der Waals surface area contributed by atoms with Crippen LogP contribution in [0.25, 0.3) is 33.5 Å². The van der Waals surface area contributed by atoms with Gasteiger partial charge in [0.2, 0.25) is 0 Å². The number of aromatic amines is 1. The van der Waals surface area contributed by atoms with E-state index < -0.39 is 11.6 Å². The molecule has 10 heteroatoms. The minimum Gasteiger partial charge on any atom is -0.494 e. The molecule has 0 spiro atoms. The Morgan fingerprint density at radius 3 is 2.61 bits per heavy atom. The van der Waals surface area contributed by atoms with Crippen LogP contribution in [0.2, 0.25) is 0 Å². The van der Waals surface area contributed by atoms with Crippen LogP contribution < -0.4 is 20.7 Å². The molecule has 0 bridgehead atoms.